The fraction of sp³-hybridized carbons (Fsp3) is 0.824. The molecule has 0 radical (unpaired) electrons. The minimum absolute atomic E-state index is 0.378. The molecule has 0 bridgehead atoms. The number of hydrogen-bond acceptors (Lipinski definition) is 3. The van der Waals surface area contributed by atoms with Gasteiger partial charge in [-0.15, -0.1) is 0 Å². The van der Waals surface area contributed by atoms with Crippen LogP contribution >= 0.6 is 0 Å². The summed E-state index contributed by atoms with van der Waals surface area (Å²) in [6, 6.07) is 1.34. The quantitative estimate of drug-likeness (QED) is 0.839. The van der Waals surface area contributed by atoms with Gasteiger partial charge in [0.05, 0.1) is 23.9 Å². The van der Waals surface area contributed by atoms with Gasteiger partial charge in [0.1, 0.15) is 0 Å². The van der Waals surface area contributed by atoms with Crippen LogP contribution in [0.15, 0.2) is 6.20 Å². The maximum Gasteiger partial charge on any atom is 0.0678 e. The van der Waals surface area contributed by atoms with Crippen LogP contribution in [-0.4, -0.2) is 46.0 Å². The summed E-state index contributed by atoms with van der Waals surface area (Å²) < 4.78 is 8.07. The lowest BCUT2D eigenvalue weighted by Crippen LogP contribution is -2.51. The van der Waals surface area contributed by atoms with E-state index in [4.69, 9.17) is 4.74 Å². The average Bonchev–Trinajstić information content (AvgIpc) is 2.78. The topological polar surface area (TPSA) is 30.3 Å². The first-order valence-electron chi connectivity index (χ1n) is 8.44. The molecule has 2 heterocycles. The summed E-state index contributed by atoms with van der Waals surface area (Å²) >= 11 is 0. The molecule has 0 N–H and O–H groups in total. The predicted octanol–water partition coefficient (Wildman–Crippen LogP) is 3.09. The van der Waals surface area contributed by atoms with Crippen molar-refractivity contribution in [1.29, 1.82) is 0 Å². The summed E-state index contributed by atoms with van der Waals surface area (Å²) in [6.45, 7) is 10.8. The molecule has 21 heavy (non-hydrogen) atoms. The summed E-state index contributed by atoms with van der Waals surface area (Å²) in [5, 5.41) is 4.68. The second kappa shape index (κ2) is 6.09. The van der Waals surface area contributed by atoms with Gasteiger partial charge < -0.3 is 4.74 Å². The maximum atomic E-state index is 5.86. The van der Waals surface area contributed by atoms with E-state index < -0.39 is 0 Å². The molecular formula is C17H29N3O. The highest BCUT2D eigenvalue weighted by molar-refractivity contribution is 5.13. The summed E-state index contributed by atoms with van der Waals surface area (Å²) in [4.78, 5) is 2.66. The normalized spacial score (nSPS) is 35.0. The Labute approximate surface area is 128 Å². The fourth-order valence-corrected chi connectivity index (χ4v) is 3.96. The largest absolute Gasteiger partial charge is 0.373 e. The van der Waals surface area contributed by atoms with Crippen molar-refractivity contribution in [1.82, 2.24) is 14.7 Å². The number of morpholine rings is 1. The van der Waals surface area contributed by atoms with Crippen LogP contribution in [0.4, 0.5) is 0 Å². The van der Waals surface area contributed by atoms with Gasteiger partial charge in [0.2, 0.25) is 0 Å². The minimum Gasteiger partial charge on any atom is -0.373 e. The van der Waals surface area contributed by atoms with Gasteiger partial charge >= 0.3 is 0 Å². The van der Waals surface area contributed by atoms with Gasteiger partial charge in [-0.2, -0.15) is 5.10 Å². The van der Waals surface area contributed by atoms with E-state index in [1.165, 1.54) is 36.9 Å². The molecule has 4 nitrogen and oxygen atoms in total. The van der Waals surface area contributed by atoms with Gasteiger partial charge in [-0.3, -0.25) is 9.58 Å². The van der Waals surface area contributed by atoms with Crippen molar-refractivity contribution in [3.63, 3.8) is 0 Å². The second-order valence-corrected chi connectivity index (χ2v) is 7.05. The SMILES string of the molecule is Cc1cn(C2CCC(N3CC(C)O[C@@H](C)C3)CC2)nc1C. The number of hydrogen-bond donors (Lipinski definition) is 0. The number of rotatable bonds is 2. The zero-order valence-electron chi connectivity index (χ0n) is 13.9. The molecule has 1 aromatic rings. The fourth-order valence-electron chi connectivity index (χ4n) is 3.96. The Morgan fingerprint density at radius 3 is 2.10 bits per heavy atom. The number of nitrogens with zero attached hydrogens (tertiary/aromatic N) is 3. The highest BCUT2D eigenvalue weighted by Crippen LogP contribution is 2.32. The van der Waals surface area contributed by atoms with Crippen LogP contribution in [0.2, 0.25) is 0 Å². The smallest absolute Gasteiger partial charge is 0.0678 e. The molecule has 1 saturated carbocycles. The van der Waals surface area contributed by atoms with Gasteiger partial charge in [0, 0.05) is 25.3 Å². The molecule has 1 aliphatic carbocycles. The Hall–Kier alpha value is -0.870. The first-order chi connectivity index (χ1) is 10.0. The van der Waals surface area contributed by atoms with Crippen molar-refractivity contribution in [3.8, 4) is 0 Å². The Kier molecular flexibility index (Phi) is 4.36. The van der Waals surface area contributed by atoms with Crippen LogP contribution in [0.1, 0.15) is 56.8 Å². The van der Waals surface area contributed by atoms with Crippen LogP contribution in [-0.2, 0) is 4.74 Å². The molecule has 0 aromatic carbocycles. The summed E-state index contributed by atoms with van der Waals surface area (Å²) in [7, 11) is 0. The molecule has 4 heteroatoms. The van der Waals surface area contributed by atoms with Crippen molar-refractivity contribution in [3.05, 3.63) is 17.5 Å². The van der Waals surface area contributed by atoms with Gasteiger partial charge in [-0.25, -0.2) is 0 Å². The van der Waals surface area contributed by atoms with Gasteiger partial charge in [-0.05, 0) is 58.9 Å². The first kappa shape index (κ1) is 15.0. The van der Waals surface area contributed by atoms with Gasteiger partial charge in [0.15, 0.2) is 0 Å². The Bertz CT molecular complexity index is 447. The van der Waals surface area contributed by atoms with E-state index in [0.29, 0.717) is 18.2 Å². The van der Waals surface area contributed by atoms with Crippen LogP contribution < -0.4 is 0 Å². The van der Waals surface area contributed by atoms with Gasteiger partial charge in [-0.1, -0.05) is 0 Å². The van der Waals surface area contributed by atoms with Crippen LogP contribution in [0.5, 0.6) is 0 Å². The standard InChI is InChI=1S/C17H29N3O/c1-12-9-20(18-15(12)4)17-7-5-16(6-8-17)19-10-13(2)21-14(3)11-19/h9,13-14,16-17H,5-8,10-11H2,1-4H3/t13-,14?,16?,17?/m0/s1. The molecule has 118 valence electrons. The van der Waals surface area contributed by atoms with Crippen molar-refractivity contribution >= 4 is 0 Å². The molecule has 2 aliphatic rings. The second-order valence-electron chi connectivity index (χ2n) is 7.05. The highest BCUT2D eigenvalue weighted by atomic mass is 16.5. The summed E-state index contributed by atoms with van der Waals surface area (Å²) in [5.41, 5.74) is 2.49. The third-order valence-electron chi connectivity index (χ3n) is 5.17. The number of ether oxygens (including phenoxy) is 1. The summed E-state index contributed by atoms with van der Waals surface area (Å²) in [5.74, 6) is 0. The highest BCUT2D eigenvalue weighted by Gasteiger charge is 2.31. The van der Waals surface area contributed by atoms with E-state index >= 15 is 0 Å². The van der Waals surface area contributed by atoms with Crippen molar-refractivity contribution in [2.24, 2.45) is 0 Å². The molecule has 1 saturated heterocycles. The predicted molar refractivity (Wildman–Crippen MR) is 84.6 cm³/mol. The molecule has 1 aromatic heterocycles. The molecule has 1 aliphatic heterocycles. The third-order valence-corrected chi connectivity index (χ3v) is 5.17. The molecule has 2 fully saturated rings. The monoisotopic (exact) mass is 291 g/mol. The van der Waals surface area contributed by atoms with E-state index in [2.05, 4.69) is 48.6 Å². The average molecular weight is 291 g/mol. The van der Waals surface area contributed by atoms with E-state index in [0.717, 1.165) is 19.1 Å². The van der Waals surface area contributed by atoms with Crippen LogP contribution in [0.25, 0.3) is 0 Å². The van der Waals surface area contributed by atoms with Crippen LogP contribution in [0.3, 0.4) is 0 Å². The van der Waals surface area contributed by atoms with E-state index in [1.54, 1.807) is 0 Å². The zero-order valence-corrected chi connectivity index (χ0v) is 13.9. The lowest BCUT2D eigenvalue weighted by molar-refractivity contribution is -0.0852. The van der Waals surface area contributed by atoms with Crippen molar-refractivity contribution in [2.75, 3.05) is 13.1 Å². The zero-order chi connectivity index (χ0) is 15.0. The molecular weight excluding hydrogens is 262 g/mol. The number of aryl methyl sites for hydroxylation is 2. The minimum atomic E-state index is 0.378. The van der Waals surface area contributed by atoms with Gasteiger partial charge in [0.25, 0.3) is 0 Å². The first-order valence-corrected chi connectivity index (χ1v) is 8.44. The van der Waals surface area contributed by atoms with Crippen molar-refractivity contribution < 1.29 is 4.74 Å². The van der Waals surface area contributed by atoms with E-state index in [9.17, 15) is 0 Å². The Balaban J connectivity index is 1.57. The number of aromatic nitrogens is 2. The summed E-state index contributed by atoms with van der Waals surface area (Å²) in [6.07, 6.45) is 8.07. The van der Waals surface area contributed by atoms with E-state index in [-0.39, 0.29) is 0 Å². The lowest BCUT2D eigenvalue weighted by atomic mass is 9.89. The molecule has 0 amide bonds. The molecule has 2 atom stereocenters. The maximum absolute atomic E-state index is 5.86. The van der Waals surface area contributed by atoms with E-state index in [1.807, 2.05) is 0 Å². The third kappa shape index (κ3) is 3.32. The molecule has 3 rings (SSSR count). The Morgan fingerprint density at radius 1 is 1.00 bits per heavy atom. The van der Waals surface area contributed by atoms with Crippen molar-refractivity contribution in [2.45, 2.75) is 77.7 Å². The Morgan fingerprint density at radius 2 is 1.57 bits per heavy atom. The lowest BCUT2D eigenvalue weighted by Gasteiger charge is -2.42. The molecule has 1 unspecified atom stereocenters. The molecule has 0 spiro atoms. The van der Waals surface area contributed by atoms with Crippen LogP contribution in [0, 0.1) is 13.8 Å².